The van der Waals surface area contributed by atoms with Crippen molar-refractivity contribution in [3.8, 4) is 0 Å². The summed E-state index contributed by atoms with van der Waals surface area (Å²) in [7, 11) is 1.34. The fraction of sp³-hybridized carbons (Fsp3) is 0.338. The maximum absolute atomic E-state index is 6.48. The monoisotopic (exact) mass is 1980 g/mol. The molecule has 6 atom stereocenters. The van der Waals surface area contributed by atoms with Crippen LogP contribution in [0.15, 0.2) is 243 Å². The zero-order chi connectivity index (χ0) is 65.9. The van der Waals surface area contributed by atoms with Crippen molar-refractivity contribution in [3.05, 3.63) is 254 Å². The molecule has 18 heteroatoms. The van der Waals surface area contributed by atoms with Crippen LogP contribution < -0.4 is 49.0 Å². The van der Waals surface area contributed by atoms with Crippen LogP contribution in [-0.4, -0.2) is 89.9 Å². The van der Waals surface area contributed by atoms with Crippen LogP contribution in [-0.2, 0) is 118 Å². The Labute approximate surface area is 655 Å². The van der Waals surface area contributed by atoms with Gasteiger partial charge in [0.25, 0.3) is 0 Å². The Morgan fingerprint density at radius 1 is 0.337 bits per heavy atom. The summed E-state index contributed by atoms with van der Waals surface area (Å²) in [5.74, 6) is 0. The smallest absolute Gasteiger partial charge is 0.411 e. The summed E-state index contributed by atoms with van der Waals surface area (Å²) in [6.45, 7) is 7.47. The molecule has 6 N–H and O–H groups in total. The number of thiocarbonyl (C=S) groups is 3. The summed E-state index contributed by atoms with van der Waals surface area (Å²) in [6, 6.07) is 87.8. The Hall–Kier alpha value is -2.52. The summed E-state index contributed by atoms with van der Waals surface area (Å²) in [6.07, 6.45) is 15.4. The third-order valence-electron chi connectivity index (χ3n) is 17.2. The zero-order valence-electron chi connectivity index (χ0n) is 55.3. The van der Waals surface area contributed by atoms with E-state index >= 15 is 0 Å². The molecule has 0 amide bonds. The molecule has 0 heterocycles. The Balaban J connectivity index is 0.000000306. The molecule has 0 radical (unpaired) electrons. The van der Waals surface area contributed by atoms with Gasteiger partial charge in [0, 0.05) is 58.4 Å². The van der Waals surface area contributed by atoms with Crippen LogP contribution in [0, 0.1) is 0 Å². The summed E-state index contributed by atoms with van der Waals surface area (Å²) in [5, 5.41) is 9.03. The Morgan fingerprint density at radius 2 is 0.526 bits per heavy atom. The number of benzene rings is 8. The van der Waals surface area contributed by atoms with Gasteiger partial charge in [-0.05, 0) is 156 Å². The average Bonchev–Trinajstić information content (AvgIpc) is 0.851. The molecule has 6 nitrogen and oxygen atoms in total. The van der Waals surface area contributed by atoms with E-state index in [9.17, 15) is 0 Å². The molecule has 3 saturated carbocycles. The van der Waals surface area contributed by atoms with E-state index in [-0.39, 0.29) is 67.1 Å². The molecular formula is C77H99Au3N6P3S6+3. The van der Waals surface area contributed by atoms with E-state index in [1.54, 1.807) is 4.90 Å². The second-order valence-corrected chi connectivity index (χ2v) is 35.1. The van der Waals surface area contributed by atoms with Gasteiger partial charge < -0.3 is 106 Å². The number of nitrogens with two attached hydrogens (primary N) is 3. The van der Waals surface area contributed by atoms with Gasteiger partial charge in [0.15, 0.2) is 0 Å². The molecule has 6 unspecified atom stereocenters. The van der Waals surface area contributed by atoms with Gasteiger partial charge in [-0.15, -0.1) is 0 Å². The first kappa shape index (κ1) is 86.7. The molecule has 8 aromatic rings. The van der Waals surface area contributed by atoms with Crippen molar-refractivity contribution < 1.29 is 67.1 Å². The quantitative estimate of drug-likeness (QED) is 0.0395. The van der Waals surface area contributed by atoms with E-state index in [1.165, 1.54) is 120 Å². The maximum Gasteiger partial charge on any atom is 1.00 e. The van der Waals surface area contributed by atoms with Crippen molar-refractivity contribution in [1.82, 2.24) is 14.7 Å². The van der Waals surface area contributed by atoms with Crippen molar-refractivity contribution in [2.24, 2.45) is 17.2 Å². The molecule has 0 aliphatic heterocycles. The van der Waals surface area contributed by atoms with Crippen molar-refractivity contribution in [2.45, 2.75) is 139 Å². The molecule has 0 saturated heterocycles. The molecular weight excluding hydrogens is 1890 g/mol. The topological polar surface area (TPSA) is 87.8 Å². The first-order valence-corrected chi connectivity index (χ1v) is 40.0. The van der Waals surface area contributed by atoms with Crippen LogP contribution in [0.2, 0.25) is 0 Å². The largest absolute Gasteiger partial charge is 1.00 e. The fourth-order valence-corrected chi connectivity index (χ4v) is 23.2. The normalized spacial score (nSPS) is 17.6. The van der Waals surface area contributed by atoms with Gasteiger partial charge >= 0.3 is 67.1 Å². The third-order valence-corrected chi connectivity index (χ3v) is 29.0. The zero-order valence-corrected chi connectivity index (χ0v) is 69.7. The number of hydrogen-bond acceptors (Lipinski definition) is 9. The standard InChI is InChI=1S/3C18H22NP.C15H15NS2.C5H11NS2.C3H7NS2.3Au/c3*19-17-13-7-8-14-18(17)20(15-9-3-1-4-10-15)16-11-5-2-6-12-16;17-15(18)16(11-13-7-3-1-4-8-13)12-14-9-5-2-6-10-14;1-3-6(4-2)5(7)8;1-4(2)3(5)6;;;/h3*1-6,9-12,17-18H,7-8,13-14,19H2;1-10H,11-12H2,(H,17,18);3-4H2,1-2H3,(H,7,8);1-2H3,(H,5,6);;;/q;;;;;;3*+1. The van der Waals surface area contributed by atoms with Crippen molar-refractivity contribution in [2.75, 3.05) is 27.2 Å². The van der Waals surface area contributed by atoms with E-state index in [1.807, 2.05) is 74.1 Å². The first-order chi connectivity index (χ1) is 44.7. The van der Waals surface area contributed by atoms with E-state index in [4.69, 9.17) is 66.9 Å². The SMILES string of the molecule is CCN(CC)C(=S)[S-].CN(C)C(=S)[S-].NC1CCCCC1[PH+](c1ccccc1)c1ccccc1.NC1CCCCC1[PH+](c1ccccc1)c1ccccc1.NC1CCCCC1[PH+](c1ccccc1)c1ccccc1.S=C([S-])N(Cc1ccccc1)Cc1ccccc1.[Au+].[Au+].[Au+]. The molecule has 3 aliphatic carbocycles. The van der Waals surface area contributed by atoms with Crippen LogP contribution in [0.25, 0.3) is 0 Å². The number of nitrogens with zero attached hydrogens (tertiary/aromatic N) is 3. The van der Waals surface area contributed by atoms with Gasteiger partial charge in [-0.2, -0.15) is 0 Å². The second kappa shape index (κ2) is 49.9. The summed E-state index contributed by atoms with van der Waals surface area (Å²) < 4.78 is 1.60. The van der Waals surface area contributed by atoms with E-state index in [0.29, 0.717) is 48.1 Å². The maximum atomic E-state index is 6.48. The summed E-state index contributed by atoms with van der Waals surface area (Å²) in [5.41, 5.74) is 23.9. The molecule has 3 fully saturated rings. The molecule has 518 valence electrons. The Kier molecular flexibility index (Phi) is 45.6. The van der Waals surface area contributed by atoms with E-state index in [2.05, 4.69) is 231 Å². The van der Waals surface area contributed by atoms with Crippen LogP contribution in [0.3, 0.4) is 0 Å². The van der Waals surface area contributed by atoms with Crippen LogP contribution >= 0.6 is 60.4 Å². The minimum Gasteiger partial charge on any atom is -0.411 e. The molecule has 8 aromatic carbocycles. The molecule has 95 heavy (non-hydrogen) atoms. The second-order valence-electron chi connectivity index (χ2n) is 23.8. The molecule has 11 rings (SSSR count). The van der Waals surface area contributed by atoms with Crippen LogP contribution in [0.5, 0.6) is 0 Å². The number of hydrogen-bond donors (Lipinski definition) is 3. The summed E-state index contributed by atoms with van der Waals surface area (Å²) in [4.78, 5) is 5.71. The first-order valence-electron chi connectivity index (χ1n) is 32.8. The van der Waals surface area contributed by atoms with Crippen LogP contribution in [0.1, 0.15) is 102 Å². The van der Waals surface area contributed by atoms with Crippen molar-refractivity contribution >= 4 is 143 Å². The van der Waals surface area contributed by atoms with Crippen molar-refractivity contribution in [3.63, 3.8) is 0 Å². The van der Waals surface area contributed by atoms with Gasteiger partial charge in [-0.1, -0.05) is 202 Å². The molecule has 0 bridgehead atoms. The Bertz CT molecular complexity index is 2880. The minimum atomic E-state index is -0.774. The third kappa shape index (κ3) is 30.7. The van der Waals surface area contributed by atoms with Crippen LogP contribution in [0.4, 0.5) is 0 Å². The van der Waals surface area contributed by atoms with Crippen molar-refractivity contribution in [1.29, 1.82) is 0 Å². The summed E-state index contributed by atoms with van der Waals surface area (Å²) >= 11 is 28.9. The molecule has 0 aromatic heterocycles. The predicted octanol–water partition coefficient (Wildman–Crippen LogP) is 14.4. The van der Waals surface area contributed by atoms with Gasteiger partial charge in [-0.25, -0.2) is 0 Å². The molecule has 3 aliphatic rings. The minimum absolute atomic E-state index is 0. The van der Waals surface area contributed by atoms with Gasteiger partial charge in [0.2, 0.25) is 0 Å². The Morgan fingerprint density at radius 3 is 0.684 bits per heavy atom. The predicted molar refractivity (Wildman–Crippen MR) is 431 cm³/mol. The van der Waals surface area contributed by atoms with E-state index < -0.39 is 23.8 Å². The van der Waals surface area contributed by atoms with Gasteiger partial charge in [0.1, 0.15) is 0 Å². The number of rotatable bonds is 15. The van der Waals surface area contributed by atoms with Gasteiger partial charge in [0.05, 0.1) is 72.6 Å². The average molecular weight is 1980 g/mol. The van der Waals surface area contributed by atoms with E-state index in [0.717, 1.165) is 26.2 Å². The molecule has 0 spiro atoms. The fourth-order valence-electron chi connectivity index (χ4n) is 12.3. The van der Waals surface area contributed by atoms with Gasteiger partial charge in [-0.3, -0.25) is 0 Å².